The molecule has 3 rings (SSSR count). The molecule has 0 saturated carbocycles. The van der Waals surface area contributed by atoms with Crippen molar-refractivity contribution < 1.29 is 4.39 Å². The standard InChI is InChI=1S/C11H12FN3S/c12-8-2-1-3-9-10(8)16-11(14-9)15-6-4-13-5-7-15/h1-3,13H,4-7H2. The SMILES string of the molecule is Fc1cccc2nc(N3CCNCC3)sc12. The highest BCUT2D eigenvalue weighted by molar-refractivity contribution is 7.22. The molecule has 2 aromatic rings. The van der Waals surface area contributed by atoms with Crippen LogP contribution in [0.3, 0.4) is 0 Å². The number of halogens is 1. The van der Waals surface area contributed by atoms with Crippen LogP contribution in [-0.2, 0) is 0 Å². The van der Waals surface area contributed by atoms with Crippen LogP contribution in [0.15, 0.2) is 18.2 Å². The van der Waals surface area contributed by atoms with Crippen LogP contribution in [-0.4, -0.2) is 31.2 Å². The lowest BCUT2D eigenvalue weighted by Gasteiger charge is -2.26. The molecule has 1 aromatic heterocycles. The number of piperazine rings is 1. The van der Waals surface area contributed by atoms with Gasteiger partial charge in [-0.2, -0.15) is 0 Å². The molecule has 0 bridgehead atoms. The summed E-state index contributed by atoms with van der Waals surface area (Å²) in [5.41, 5.74) is 0.763. The van der Waals surface area contributed by atoms with E-state index in [1.165, 1.54) is 17.4 Å². The average Bonchev–Trinajstić information content (AvgIpc) is 2.76. The fraction of sp³-hybridized carbons (Fsp3) is 0.364. The molecular weight excluding hydrogens is 225 g/mol. The fourth-order valence-electron chi connectivity index (χ4n) is 1.90. The number of benzene rings is 1. The summed E-state index contributed by atoms with van der Waals surface area (Å²) in [5.74, 6) is -0.170. The monoisotopic (exact) mass is 237 g/mol. The van der Waals surface area contributed by atoms with Gasteiger partial charge < -0.3 is 10.2 Å². The zero-order chi connectivity index (χ0) is 11.0. The van der Waals surface area contributed by atoms with Gasteiger partial charge in [-0.1, -0.05) is 17.4 Å². The van der Waals surface area contributed by atoms with Crippen molar-refractivity contribution in [3.05, 3.63) is 24.0 Å². The zero-order valence-corrected chi connectivity index (χ0v) is 9.56. The molecule has 1 aliphatic heterocycles. The maximum atomic E-state index is 13.5. The highest BCUT2D eigenvalue weighted by Crippen LogP contribution is 2.30. The normalized spacial score (nSPS) is 16.9. The van der Waals surface area contributed by atoms with Crippen LogP contribution < -0.4 is 10.2 Å². The lowest BCUT2D eigenvalue weighted by Crippen LogP contribution is -2.43. The Balaban J connectivity index is 2.01. The van der Waals surface area contributed by atoms with Gasteiger partial charge in [-0.15, -0.1) is 0 Å². The van der Waals surface area contributed by atoms with Crippen molar-refractivity contribution >= 4 is 26.7 Å². The highest BCUT2D eigenvalue weighted by Gasteiger charge is 2.15. The summed E-state index contributed by atoms with van der Waals surface area (Å²) >= 11 is 1.44. The van der Waals surface area contributed by atoms with Gasteiger partial charge in [0.05, 0.1) is 10.2 Å². The molecule has 3 nitrogen and oxygen atoms in total. The van der Waals surface area contributed by atoms with Crippen molar-refractivity contribution in [3.63, 3.8) is 0 Å². The summed E-state index contributed by atoms with van der Waals surface area (Å²) in [5, 5.41) is 4.22. The van der Waals surface area contributed by atoms with Gasteiger partial charge >= 0.3 is 0 Å². The Bertz CT molecular complexity index is 505. The van der Waals surface area contributed by atoms with E-state index in [4.69, 9.17) is 0 Å². The molecule has 0 unspecified atom stereocenters. The molecule has 0 aliphatic carbocycles. The van der Waals surface area contributed by atoms with E-state index >= 15 is 0 Å². The quantitative estimate of drug-likeness (QED) is 0.820. The lowest BCUT2D eigenvalue weighted by atomic mass is 10.3. The van der Waals surface area contributed by atoms with Crippen molar-refractivity contribution in [2.45, 2.75) is 0 Å². The molecule has 84 valence electrons. The molecule has 1 saturated heterocycles. The Morgan fingerprint density at radius 1 is 1.31 bits per heavy atom. The second-order valence-corrected chi connectivity index (χ2v) is 4.80. The number of nitrogens with one attached hydrogen (secondary N) is 1. The van der Waals surface area contributed by atoms with E-state index in [9.17, 15) is 4.39 Å². The second-order valence-electron chi connectivity index (χ2n) is 3.82. The van der Waals surface area contributed by atoms with Crippen molar-refractivity contribution in [1.82, 2.24) is 10.3 Å². The van der Waals surface area contributed by atoms with E-state index in [1.54, 1.807) is 6.07 Å². The third-order valence-electron chi connectivity index (χ3n) is 2.74. The second kappa shape index (κ2) is 3.99. The number of aromatic nitrogens is 1. The van der Waals surface area contributed by atoms with Crippen LogP contribution in [0, 0.1) is 5.82 Å². The van der Waals surface area contributed by atoms with E-state index in [2.05, 4.69) is 15.2 Å². The first kappa shape index (κ1) is 9.99. The van der Waals surface area contributed by atoms with Crippen LogP contribution in [0.25, 0.3) is 10.2 Å². The van der Waals surface area contributed by atoms with E-state index in [-0.39, 0.29) is 5.82 Å². The third kappa shape index (κ3) is 1.66. The molecule has 0 radical (unpaired) electrons. The van der Waals surface area contributed by atoms with E-state index < -0.39 is 0 Å². The Morgan fingerprint density at radius 3 is 2.88 bits per heavy atom. The van der Waals surface area contributed by atoms with Crippen molar-refractivity contribution in [1.29, 1.82) is 0 Å². The Hall–Kier alpha value is -1.20. The molecule has 16 heavy (non-hydrogen) atoms. The van der Waals surface area contributed by atoms with Crippen LogP contribution in [0.5, 0.6) is 0 Å². The van der Waals surface area contributed by atoms with Gasteiger partial charge in [-0.05, 0) is 12.1 Å². The first-order valence-electron chi connectivity index (χ1n) is 5.35. The molecule has 0 amide bonds. The van der Waals surface area contributed by atoms with Gasteiger partial charge in [0.25, 0.3) is 0 Å². The first-order valence-corrected chi connectivity index (χ1v) is 6.17. The Kier molecular flexibility index (Phi) is 2.49. The fourth-order valence-corrected chi connectivity index (χ4v) is 2.92. The van der Waals surface area contributed by atoms with E-state index in [1.807, 2.05) is 6.07 Å². The smallest absolute Gasteiger partial charge is 0.186 e. The number of nitrogens with zero attached hydrogens (tertiary/aromatic N) is 2. The van der Waals surface area contributed by atoms with Gasteiger partial charge in [-0.25, -0.2) is 9.37 Å². The minimum atomic E-state index is -0.170. The van der Waals surface area contributed by atoms with Gasteiger partial charge in [0.15, 0.2) is 5.13 Å². The van der Waals surface area contributed by atoms with Crippen molar-refractivity contribution in [2.75, 3.05) is 31.1 Å². The summed E-state index contributed by atoms with van der Waals surface area (Å²) in [6.07, 6.45) is 0. The van der Waals surface area contributed by atoms with E-state index in [0.29, 0.717) is 4.70 Å². The molecular formula is C11H12FN3S. The Labute approximate surface area is 96.9 Å². The number of fused-ring (bicyclic) bond motifs is 1. The summed E-state index contributed by atoms with van der Waals surface area (Å²) in [7, 11) is 0. The van der Waals surface area contributed by atoms with E-state index in [0.717, 1.165) is 36.8 Å². The number of thiazole rings is 1. The minimum Gasteiger partial charge on any atom is -0.346 e. The third-order valence-corrected chi connectivity index (χ3v) is 3.88. The van der Waals surface area contributed by atoms with Crippen LogP contribution >= 0.6 is 11.3 Å². The predicted octanol–water partition coefficient (Wildman–Crippen LogP) is 1.84. The molecule has 2 heterocycles. The molecule has 1 aliphatic rings. The molecule has 0 atom stereocenters. The number of hydrogen-bond acceptors (Lipinski definition) is 4. The summed E-state index contributed by atoms with van der Waals surface area (Å²) in [6.45, 7) is 3.83. The van der Waals surface area contributed by atoms with Crippen molar-refractivity contribution in [3.8, 4) is 0 Å². The lowest BCUT2D eigenvalue weighted by molar-refractivity contribution is 0.588. The van der Waals surface area contributed by atoms with Gasteiger partial charge in [0, 0.05) is 26.2 Å². The largest absolute Gasteiger partial charge is 0.346 e. The summed E-state index contributed by atoms with van der Waals surface area (Å²) in [6, 6.07) is 5.06. The van der Waals surface area contributed by atoms with Crippen LogP contribution in [0.4, 0.5) is 9.52 Å². The maximum Gasteiger partial charge on any atom is 0.186 e. The summed E-state index contributed by atoms with van der Waals surface area (Å²) in [4.78, 5) is 6.68. The molecule has 5 heteroatoms. The topological polar surface area (TPSA) is 28.2 Å². The highest BCUT2D eigenvalue weighted by atomic mass is 32.1. The zero-order valence-electron chi connectivity index (χ0n) is 8.74. The van der Waals surface area contributed by atoms with Gasteiger partial charge in [-0.3, -0.25) is 0 Å². The van der Waals surface area contributed by atoms with Crippen LogP contribution in [0.1, 0.15) is 0 Å². The number of hydrogen-bond donors (Lipinski definition) is 1. The average molecular weight is 237 g/mol. The van der Waals surface area contributed by atoms with Crippen molar-refractivity contribution in [2.24, 2.45) is 0 Å². The minimum absolute atomic E-state index is 0.170. The number of rotatable bonds is 1. The molecule has 0 spiro atoms. The summed E-state index contributed by atoms with van der Waals surface area (Å²) < 4.78 is 14.2. The maximum absolute atomic E-state index is 13.5. The molecule has 1 fully saturated rings. The molecule has 1 aromatic carbocycles. The first-order chi connectivity index (χ1) is 7.84. The Morgan fingerprint density at radius 2 is 2.12 bits per heavy atom. The molecule has 1 N–H and O–H groups in total. The predicted molar refractivity (Wildman–Crippen MR) is 64.7 cm³/mol. The van der Waals surface area contributed by atoms with Gasteiger partial charge in [0.1, 0.15) is 5.82 Å². The van der Waals surface area contributed by atoms with Gasteiger partial charge in [0.2, 0.25) is 0 Å². The van der Waals surface area contributed by atoms with Crippen LogP contribution in [0.2, 0.25) is 0 Å². The number of anilines is 1.